The number of aliphatic hydroxyl groups is 1. The van der Waals surface area contributed by atoms with Crippen LogP contribution < -0.4 is 10.1 Å². The molecule has 2 aromatic rings. The number of carbonyl (C=O) groups excluding carboxylic acids is 1. The summed E-state index contributed by atoms with van der Waals surface area (Å²) in [5.74, 6) is -1.37. The number of halogens is 4. The monoisotopic (exact) mass is 358 g/mol. The molecule has 0 spiro atoms. The van der Waals surface area contributed by atoms with Crippen LogP contribution in [0, 0.1) is 5.82 Å². The van der Waals surface area contributed by atoms with E-state index in [0.717, 1.165) is 18.3 Å². The van der Waals surface area contributed by atoms with Gasteiger partial charge in [0.1, 0.15) is 5.82 Å². The lowest BCUT2D eigenvalue weighted by Gasteiger charge is -2.12. The largest absolute Gasteiger partial charge is 0.468 e. The fraction of sp³-hybridized carbons (Fsp3) is 0.250. The lowest BCUT2D eigenvalue weighted by atomic mass is 10.1. The fourth-order valence-electron chi connectivity index (χ4n) is 1.88. The molecule has 1 amide bonds. The highest BCUT2D eigenvalue weighted by Crippen LogP contribution is 2.17. The molecule has 9 heteroatoms. The Morgan fingerprint density at radius 1 is 1.28 bits per heavy atom. The highest BCUT2D eigenvalue weighted by atomic mass is 19.4. The van der Waals surface area contributed by atoms with Crippen LogP contribution in [0.3, 0.4) is 0 Å². The van der Waals surface area contributed by atoms with E-state index in [1.807, 2.05) is 0 Å². The normalized spacial score (nSPS) is 12.5. The summed E-state index contributed by atoms with van der Waals surface area (Å²) in [7, 11) is 0. The van der Waals surface area contributed by atoms with E-state index in [9.17, 15) is 27.5 Å². The molecular weight excluding hydrogens is 344 g/mol. The summed E-state index contributed by atoms with van der Waals surface area (Å²) in [5, 5.41) is 12.3. The Kier molecular flexibility index (Phi) is 5.92. The van der Waals surface area contributed by atoms with Gasteiger partial charge in [-0.25, -0.2) is 9.37 Å². The number of ether oxygens (including phenoxy) is 1. The molecule has 1 aromatic heterocycles. The number of pyridine rings is 1. The minimum atomic E-state index is -4.48. The molecule has 0 aliphatic carbocycles. The van der Waals surface area contributed by atoms with Gasteiger partial charge in [0.25, 0.3) is 5.91 Å². The van der Waals surface area contributed by atoms with E-state index >= 15 is 0 Å². The molecule has 2 N–H and O–H groups in total. The number of benzene rings is 1. The molecule has 0 fully saturated rings. The van der Waals surface area contributed by atoms with E-state index in [1.54, 1.807) is 0 Å². The maximum atomic E-state index is 13.1. The number of amides is 1. The molecule has 134 valence electrons. The van der Waals surface area contributed by atoms with Crippen molar-refractivity contribution < 1.29 is 32.2 Å². The first-order valence-corrected chi connectivity index (χ1v) is 7.12. The van der Waals surface area contributed by atoms with E-state index in [0.29, 0.717) is 5.56 Å². The molecule has 0 radical (unpaired) electrons. The first-order chi connectivity index (χ1) is 11.7. The van der Waals surface area contributed by atoms with Crippen LogP contribution in [0.4, 0.5) is 17.6 Å². The molecule has 25 heavy (non-hydrogen) atoms. The van der Waals surface area contributed by atoms with Crippen molar-refractivity contribution >= 4 is 5.91 Å². The Morgan fingerprint density at radius 3 is 2.64 bits per heavy atom. The Labute approximate surface area is 140 Å². The van der Waals surface area contributed by atoms with Crippen molar-refractivity contribution in [1.29, 1.82) is 0 Å². The van der Waals surface area contributed by atoms with Crippen LogP contribution in [0.25, 0.3) is 0 Å². The van der Waals surface area contributed by atoms with Crippen LogP contribution in [0.2, 0.25) is 0 Å². The maximum Gasteiger partial charge on any atom is 0.422 e. The molecule has 2 rings (SSSR count). The van der Waals surface area contributed by atoms with Gasteiger partial charge in [0.15, 0.2) is 6.61 Å². The summed E-state index contributed by atoms with van der Waals surface area (Å²) < 4.78 is 53.6. The number of hydrogen-bond acceptors (Lipinski definition) is 4. The molecule has 0 aliphatic rings. The molecule has 0 aliphatic heterocycles. The number of rotatable bonds is 6. The topological polar surface area (TPSA) is 71.5 Å². The predicted octanol–water partition coefficient (Wildman–Crippen LogP) is 2.63. The Hall–Kier alpha value is -2.68. The first-order valence-electron chi connectivity index (χ1n) is 7.12. The Bertz CT molecular complexity index is 720. The first kappa shape index (κ1) is 18.7. The van der Waals surface area contributed by atoms with E-state index in [1.165, 1.54) is 24.3 Å². The predicted molar refractivity (Wildman–Crippen MR) is 79.5 cm³/mol. The molecule has 1 heterocycles. The van der Waals surface area contributed by atoms with Crippen molar-refractivity contribution in [2.45, 2.75) is 12.3 Å². The lowest BCUT2D eigenvalue weighted by Crippen LogP contribution is -2.28. The van der Waals surface area contributed by atoms with Gasteiger partial charge in [0.05, 0.1) is 11.7 Å². The quantitative estimate of drug-likeness (QED) is 0.779. The molecule has 0 saturated carbocycles. The second-order valence-corrected chi connectivity index (χ2v) is 5.07. The van der Waals surface area contributed by atoms with Gasteiger partial charge in [-0.1, -0.05) is 12.1 Å². The minimum Gasteiger partial charge on any atom is -0.468 e. The van der Waals surface area contributed by atoms with Gasteiger partial charge in [-0.15, -0.1) is 0 Å². The van der Waals surface area contributed by atoms with Gasteiger partial charge in [-0.2, -0.15) is 13.2 Å². The number of nitrogens with one attached hydrogen (secondary N) is 1. The van der Waals surface area contributed by atoms with Crippen molar-refractivity contribution in [1.82, 2.24) is 10.3 Å². The van der Waals surface area contributed by atoms with Crippen molar-refractivity contribution in [2.75, 3.05) is 13.2 Å². The zero-order valence-electron chi connectivity index (χ0n) is 12.8. The number of nitrogens with zero attached hydrogens (tertiary/aromatic N) is 1. The van der Waals surface area contributed by atoms with Crippen molar-refractivity contribution in [3.63, 3.8) is 0 Å². The standard InChI is InChI=1S/C16H14F4N2O3/c17-12-3-1-2-10(6-12)13(23)8-22-15(24)11-4-5-14(21-7-11)25-9-16(18,19)20/h1-7,13,23H,8-9H2,(H,22,24). The summed E-state index contributed by atoms with van der Waals surface area (Å²) in [6.45, 7) is -1.65. The minimum absolute atomic E-state index is 0.0748. The zero-order valence-corrected chi connectivity index (χ0v) is 12.8. The van der Waals surface area contributed by atoms with Gasteiger partial charge < -0.3 is 15.2 Å². The average Bonchev–Trinajstić information content (AvgIpc) is 2.57. The number of hydrogen-bond donors (Lipinski definition) is 2. The Balaban J connectivity index is 1.88. The molecule has 1 aromatic carbocycles. The van der Waals surface area contributed by atoms with Crippen LogP contribution in [-0.4, -0.2) is 35.3 Å². The smallest absolute Gasteiger partial charge is 0.422 e. The molecule has 0 saturated heterocycles. The third kappa shape index (κ3) is 6.03. The van der Waals surface area contributed by atoms with Gasteiger partial charge in [-0.05, 0) is 23.8 Å². The Morgan fingerprint density at radius 2 is 2.04 bits per heavy atom. The summed E-state index contributed by atoms with van der Waals surface area (Å²) in [6, 6.07) is 7.67. The van der Waals surface area contributed by atoms with E-state index in [2.05, 4.69) is 15.0 Å². The number of aliphatic hydroxyl groups excluding tert-OH is 1. The third-order valence-corrected chi connectivity index (χ3v) is 3.07. The summed E-state index contributed by atoms with van der Waals surface area (Å²) in [5.41, 5.74) is 0.375. The van der Waals surface area contributed by atoms with Gasteiger partial charge >= 0.3 is 6.18 Å². The second-order valence-electron chi connectivity index (χ2n) is 5.07. The summed E-state index contributed by atoms with van der Waals surface area (Å²) in [6.07, 6.45) is -4.54. The second kappa shape index (κ2) is 7.93. The highest BCUT2D eigenvalue weighted by molar-refractivity contribution is 5.93. The zero-order chi connectivity index (χ0) is 18.4. The average molecular weight is 358 g/mol. The number of aromatic nitrogens is 1. The SMILES string of the molecule is O=C(NCC(O)c1cccc(F)c1)c1ccc(OCC(F)(F)F)nc1. The van der Waals surface area contributed by atoms with Crippen LogP contribution in [0.15, 0.2) is 42.6 Å². The fourth-order valence-corrected chi connectivity index (χ4v) is 1.88. The van der Waals surface area contributed by atoms with Crippen LogP contribution >= 0.6 is 0 Å². The van der Waals surface area contributed by atoms with Crippen molar-refractivity contribution in [2.24, 2.45) is 0 Å². The summed E-state index contributed by atoms with van der Waals surface area (Å²) in [4.78, 5) is 15.5. The van der Waals surface area contributed by atoms with Gasteiger partial charge in [0, 0.05) is 18.8 Å². The van der Waals surface area contributed by atoms with E-state index in [-0.39, 0.29) is 18.0 Å². The maximum absolute atomic E-state index is 13.1. The molecular formula is C16H14F4N2O3. The van der Waals surface area contributed by atoms with Crippen LogP contribution in [0.1, 0.15) is 22.0 Å². The molecule has 5 nitrogen and oxygen atoms in total. The van der Waals surface area contributed by atoms with Crippen LogP contribution in [-0.2, 0) is 0 Å². The van der Waals surface area contributed by atoms with E-state index < -0.39 is 30.6 Å². The number of alkyl halides is 3. The molecule has 1 atom stereocenters. The van der Waals surface area contributed by atoms with Crippen molar-refractivity contribution in [3.8, 4) is 5.88 Å². The van der Waals surface area contributed by atoms with Gasteiger partial charge in [0.2, 0.25) is 5.88 Å². The molecule has 1 unspecified atom stereocenters. The summed E-state index contributed by atoms with van der Waals surface area (Å²) >= 11 is 0. The lowest BCUT2D eigenvalue weighted by molar-refractivity contribution is -0.154. The van der Waals surface area contributed by atoms with Crippen LogP contribution in [0.5, 0.6) is 5.88 Å². The highest BCUT2D eigenvalue weighted by Gasteiger charge is 2.28. The van der Waals surface area contributed by atoms with E-state index in [4.69, 9.17) is 0 Å². The molecule has 0 bridgehead atoms. The van der Waals surface area contributed by atoms with Crippen molar-refractivity contribution in [3.05, 3.63) is 59.5 Å². The van der Waals surface area contributed by atoms with Gasteiger partial charge in [-0.3, -0.25) is 4.79 Å². The number of carbonyl (C=O) groups is 1. The third-order valence-electron chi connectivity index (χ3n) is 3.07.